The number of halogens is 1. The maximum atomic E-state index is 13.3. The van der Waals surface area contributed by atoms with Gasteiger partial charge in [0.05, 0.1) is 6.04 Å². The third kappa shape index (κ3) is 4.81. The van der Waals surface area contributed by atoms with Gasteiger partial charge in [0, 0.05) is 10.7 Å². The van der Waals surface area contributed by atoms with Gasteiger partial charge in [-0.15, -0.1) is 10.2 Å². The Morgan fingerprint density at radius 1 is 1.00 bits per heavy atom. The fourth-order valence-corrected chi connectivity index (χ4v) is 4.74. The highest BCUT2D eigenvalue weighted by molar-refractivity contribution is 8.00. The molecule has 2 heterocycles. The molecule has 33 heavy (non-hydrogen) atoms. The van der Waals surface area contributed by atoms with E-state index in [-0.39, 0.29) is 18.6 Å². The van der Waals surface area contributed by atoms with Crippen LogP contribution >= 0.6 is 23.4 Å². The van der Waals surface area contributed by atoms with Crippen LogP contribution in [0.4, 0.5) is 5.69 Å². The van der Waals surface area contributed by atoms with E-state index in [1.165, 1.54) is 11.8 Å². The number of hydrogen-bond donors (Lipinski definition) is 2. The largest absolute Gasteiger partial charge is 0.486 e. The fraction of sp³-hybridized carbons (Fsp3) is 0.125. The van der Waals surface area contributed by atoms with Crippen molar-refractivity contribution in [3.63, 3.8) is 0 Å². The number of hydrogen-bond acceptors (Lipinski definition) is 6. The number of nitrogens with one attached hydrogen (secondary N) is 2. The average Bonchev–Trinajstić information content (AvgIpc) is 3.26. The highest BCUT2D eigenvalue weighted by Crippen LogP contribution is 2.37. The van der Waals surface area contributed by atoms with Crippen LogP contribution in [0.15, 0.2) is 90.1 Å². The molecule has 7 nitrogen and oxygen atoms in total. The number of thioether (sulfide) groups is 1. The molecule has 1 aromatic heterocycles. The molecule has 0 radical (unpaired) electrons. The monoisotopic (exact) mass is 477 g/mol. The van der Waals surface area contributed by atoms with Crippen molar-refractivity contribution in [2.45, 2.75) is 23.1 Å². The Hall–Kier alpha value is -3.49. The molecule has 9 heteroatoms. The highest BCUT2D eigenvalue weighted by atomic mass is 35.5. The van der Waals surface area contributed by atoms with Crippen LogP contribution in [0, 0.1) is 0 Å². The molecule has 1 amide bonds. The molecule has 0 saturated heterocycles. The molecule has 0 bridgehead atoms. The number of anilines is 1. The number of carbonyl (C=O) groups excluding carboxylic acids is 1. The maximum absolute atomic E-state index is 13.3. The molecule has 0 saturated carbocycles. The van der Waals surface area contributed by atoms with Gasteiger partial charge in [-0.1, -0.05) is 71.9 Å². The van der Waals surface area contributed by atoms with Gasteiger partial charge in [-0.05, 0) is 42.0 Å². The summed E-state index contributed by atoms with van der Waals surface area (Å²) >= 11 is 7.33. The molecule has 0 spiro atoms. The van der Waals surface area contributed by atoms with Crippen molar-refractivity contribution in [3.8, 4) is 5.75 Å². The Morgan fingerprint density at radius 2 is 1.70 bits per heavy atom. The van der Waals surface area contributed by atoms with Crippen molar-refractivity contribution >= 4 is 35.0 Å². The minimum Gasteiger partial charge on any atom is -0.486 e. The maximum Gasteiger partial charge on any atom is 0.240 e. The van der Waals surface area contributed by atoms with Crippen molar-refractivity contribution < 1.29 is 9.53 Å². The zero-order chi connectivity index (χ0) is 22.6. The lowest BCUT2D eigenvalue weighted by Crippen LogP contribution is -2.41. The average molecular weight is 478 g/mol. The number of ether oxygens (including phenoxy) is 1. The highest BCUT2D eigenvalue weighted by Gasteiger charge is 2.37. The predicted octanol–water partition coefficient (Wildman–Crippen LogP) is 4.91. The van der Waals surface area contributed by atoms with Crippen molar-refractivity contribution in [1.29, 1.82) is 0 Å². The van der Waals surface area contributed by atoms with Gasteiger partial charge in [-0.2, -0.15) is 0 Å². The van der Waals surface area contributed by atoms with Crippen LogP contribution in [0.3, 0.4) is 0 Å². The van der Waals surface area contributed by atoms with Gasteiger partial charge < -0.3 is 15.5 Å². The summed E-state index contributed by atoms with van der Waals surface area (Å²) in [4.78, 5) is 13.3. The van der Waals surface area contributed by atoms with Crippen molar-refractivity contribution in [2.24, 2.45) is 0 Å². The van der Waals surface area contributed by atoms with E-state index in [1.54, 1.807) is 28.9 Å². The van der Waals surface area contributed by atoms with Crippen molar-refractivity contribution in [1.82, 2.24) is 14.9 Å². The van der Waals surface area contributed by atoms with Crippen LogP contribution in [0.5, 0.6) is 5.75 Å². The van der Waals surface area contributed by atoms with Gasteiger partial charge in [0.15, 0.2) is 5.82 Å². The van der Waals surface area contributed by atoms with E-state index in [1.807, 2.05) is 60.7 Å². The van der Waals surface area contributed by atoms with E-state index in [2.05, 4.69) is 20.9 Å². The van der Waals surface area contributed by atoms with Crippen LogP contribution in [0.2, 0.25) is 5.02 Å². The van der Waals surface area contributed by atoms with E-state index < -0.39 is 5.25 Å². The second-order valence-corrected chi connectivity index (χ2v) is 8.93. The van der Waals surface area contributed by atoms with Crippen LogP contribution in [0.25, 0.3) is 0 Å². The standard InChI is InChI=1S/C24H20ClN5O2S/c25-17-11-13-18(14-12-17)26-23(31)22-21(16-7-3-1-4-8-16)29-30-20(27-28-24(30)33-22)15-32-19-9-5-2-6-10-19/h1-14,21-22,29H,15H2,(H,26,31). The summed E-state index contributed by atoms with van der Waals surface area (Å²) in [5, 5.41) is 12.3. The molecule has 0 aliphatic carbocycles. The first-order valence-corrected chi connectivity index (χ1v) is 11.6. The van der Waals surface area contributed by atoms with Gasteiger partial charge >= 0.3 is 0 Å². The number of amides is 1. The second-order valence-electron chi connectivity index (χ2n) is 7.39. The van der Waals surface area contributed by atoms with Gasteiger partial charge in [0.25, 0.3) is 0 Å². The van der Waals surface area contributed by atoms with Crippen LogP contribution in [0.1, 0.15) is 17.4 Å². The molecule has 1 aliphatic rings. The van der Waals surface area contributed by atoms with E-state index in [9.17, 15) is 4.79 Å². The summed E-state index contributed by atoms with van der Waals surface area (Å²) in [5.41, 5.74) is 5.10. The molecule has 3 aromatic carbocycles. The molecule has 4 aromatic rings. The van der Waals surface area contributed by atoms with Crippen LogP contribution in [-0.4, -0.2) is 26.0 Å². The van der Waals surface area contributed by atoms with E-state index in [4.69, 9.17) is 16.3 Å². The molecule has 166 valence electrons. The summed E-state index contributed by atoms with van der Waals surface area (Å²) in [6.45, 7) is 0.244. The second kappa shape index (κ2) is 9.56. The van der Waals surface area contributed by atoms with Gasteiger partial charge in [-0.25, -0.2) is 4.68 Å². The van der Waals surface area contributed by atoms with E-state index >= 15 is 0 Å². The molecule has 5 rings (SSSR count). The zero-order valence-corrected chi connectivity index (χ0v) is 19.0. The Balaban J connectivity index is 1.40. The number of para-hydroxylation sites is 1. The molecule has 1 aliphatic heterocycles. The summed E-state index contributed by atoms with van der Waals surface area (Å²) in [6, 6.07) is 26.1. The van der Waals surface area contributed by atoms with Crippen LogP contribution < -0.4 is 15.5 Å². The Bertz CT molecular complexity index is 1230. The quantitative estimate of drug-likeness (QED) is 0.410. The van der Waals surface area contributed by atoms with E-state index in [0.29, 0.717) is 21.7 Å². The predicted molar refractivity (Wildman–Crippen MR) is 129 cm³/mol. The first-order valence-electron chi connectivity index (χ1n) is 10.3. The number of benzene rings is 3. The zero-order valence-electron chi connectivity index (χ0n) is 17.4. The number of rotatable bonds is 6. The normalized spacial score (nSPS) is 17.0. The number of carbonyl (C=O) groups is 1. The topological polar surface area (TPSA) is 81.1 Å². The van der Waals surface area contributed by atoms with E-state index in [0.717, 1.165) is 11.3 Å². The molecule has 2 atom stereocenters. The molecular weight excluding hydrogens is 458 g/mol. The lowest BCUT2D eigenvalue weighted by Gasteiger charge is -2.33. The third-order valence-corrected chi connectivity index (χ3v) is 6.61. The summed E-state index contributed by atoms with van der Waals surface area (Å²) < 4.78 is 7.66. The first-order chi connectivity index (χ1) is 16.2. The van der Waals surface area contributed by atoms with Gasteiger partial charge in [0.1, 0.15) is 17.6 Å². The minimum absolute atomic E-state index is 0.139. The summed E-state index contributed by atoms with van der Waals surface area (Å²) in [6.07, 6.45) is 0. The Labute approximate surface area is 200 Å². The first kappa shape index (κ1) is 21.4. The van der Waals surface area contributed by atoms with Crippen LogP contribution in [-0.2, 0) is 11.4 Å². The van der Waals surface area contributed by atoms with Crippen molar-refractivity contribution in [3.05, 3.63) is 101 Å². The fourth-order valence-electron chi connectivity index (χ4n) is 3.51. The minimum atomic E-state index is -0.470. The molecule has 2 unspecified atom stereocenters. The summed E-state index contributed by atoms with van der Waals surface area (Å²) in [5.74, 6) is 1.23. The molecular formula is C24H20ClN5O2S. The Kier molecular flexibility index (Phi) is 6.19. The smallest absolute Gasteiger partial charge is 0.240 e. The van der Waals surface area contributed by atoms with Crippen molar-refractivity contribution in [2.75, 3.05) is 10.7 Å². The third-order valence-electron chi connectivity index (χ3n) is 5.14. The SMILES string of the molecule is O=C(Nc1ccc(Cl)cc1)C1Sc2nnc(COc3ccccc3)n2NC1c1ccccc1. The molecule has 0 fully saturated rings. The summed E-state index contributed by atoms with van der Waals surface area (Å²) in [7, 11) is 0. The molecule has 2 N–H and O–H groups in total. The Morgan fingerprint density at radius 3 is 2.42 bits per heavy atom. The van der Waals surface area contributed by atoms with Gasteiger partial charge in [0.2, 0.25) is 11.1 Å². The lowest BCUT2D eigenvalue weighted by atomic mass is 10.0. The number of aromatic nitrogens is 3. The van der Waals surface area contributed by atoms with Gasteiger partial charge in [-0.3, -0.25) is 4.79 Å². The number of nitrogens with zero attached hydrogens (tertiary/aromatic N) is 3. The lowest BCUT2D eigenvalue weighted by molar-refractivity contribution is -0.116. The number of fused-ring (bicyclic) bond motifs is 1.